The Bertz CT molecular complexity index is 1220. The molecule has 2 N–H and O–H groups in total. The van der Waals surface area contributed by atoms with E-state index in [1.165, 1.54) is 10.3 Å². The molecule has 0 aliphatic carbocycles. The zero-order chi connectivity index (χ0) is 20.7. The third-order valence-electron chi connectivity index (χ3n) is 5.30. The maximum absolute atomic E-state index is 12.0. The van der Waals surface area contributed by atoms with E-state index in [4.69, 9.17) is 28.9 Å². The zero-order valence-corrected chi connectivity index (χ0v) is 18.5. The van der Waals surface area contributed by atoms with Gasteiger partial charge >= 0.3 is 0 Å². The fraction of sp³-hybridized carbons (Fsp3) is 0.174. The van der Waals surface area contributed by atoms with Crippen LogP contribution in [0.4, 0.5) is 0 Å². The fourth-order valence-corrected chi connectivity index (χ4v) is 5.21. The zero-order valence-electron chi connectivity index (χ0n) is 16.1. The van der Waals surface area contributed by atoms with E-state index in [0.29, 0.717) is 5.56 Å². The number of thiophene rings is 1. The average Bonchev–Trinajstić information content (AvgIpc) is 3.18. The van der Waals surface area contributed by atoms with Crippen LogP contribution in [0.1, 0.15) is 27.2 Å². The minimum absolute atomic E-state index is 0.407. The molecule has 0 aliphatic rings. The molecule has 0 fully saturated rings. The number of primary amides is 1. The van der Waals surface area contributed by atoms with Crippen LogP contribution in [0.15, 0.2) is 48.5 Å². The van der Waals surface area contributed by atoms with Crippen molar-refractivity contribution in [2.24, 2.45) is 5.73 Å². The van der Waals surface area contributed by atoms with Crippen molar-refractivity contribution in [2.75, 3.05) is 0 Å². The number of amides is 1. The van der Waals surface area contributed by atoms with E-state index in [1.54, 1.807) is 11.3 Å². The van der Waals surface area contributed by atoms with Crippen molar-refractivity contribution in [2.45, 2.75) is 26.8 Å². The van der Waals surface area contributed by atoms with E-state index in [2.05, 4.69) is 11.5 Å². The highest BCUT2D eigenvalue weighted by molar-refractivity contribution is 7.22. The number of aromatic nitrogens is 1. The number of nitrogens with two attached hydrogens (primary N) is 1. The number of hydrogen-bond acceptors (Lipinski definition) is 2. The van der Waals surface area contributed by atoms with Gasteiger partial charge in [0.25, 0.3) is 5.91 Å². The van der Waals surface area contributed by atoms with Gasteiger partial charge in [-0.05, 0) is 73.2 Å². The van der Waals surface area contributed by atoms with Crippen molar-refractivity contribution < 1.29 is 4.79 Å². The van der Waals surface area contributed by atoms with Crippen molar-refractivity contribution in [1.82, 2.24) is 4.57 Å². The number of rotatable bonds is 5. The first-order valence-corrected chi connectivity index (χ1v) is 10.9. The fourth-order valence-electron chi connectivity index (χ4n) is 3.70. The van der Waals surface area contributed by atoms with Crippen LogP contribution in [0.2, 0.25) is 10.0 Å². The second-order valence-corrected chi connectivity index (χ2v) is 9.04. The second kappa shape index (κ2) is 7.86. The average molecular weight is 443 g/mol. The number of carbonyl (C=O) groups excluding carboxylic acids is 1. The van der Waals surface area contributed by atoms with E-state index in [-0.39, 0.29) is 0 Å². The molecule has 0 unspecified atom stereocenters. The topological polar surface area (TPSA) is 48.0 Å². The van der Waals surface area contributed by atoms with Crippen LogP contribution >= 0.6 is 34.5 Å². The first-order valence-electron chi connectivity index (χ1n) is 9.28. The maximum Gasteiger partial charge on any atom is 0.250 e. The monoisotopic (exact) mass is 442 g/mol. The lowest BCUT2D eigenvalue weighted by atomic mass is 10.1. The summed E-state index contributed by atoms with van der Waals surface area (Å²) in [6.07, 6.45) is 0.827. The van der Waals surface area contributed by atoms with Gasteiger partial charge in [0.15, 0.2) is 0 Å². The van der Waals surface area contributed by atoms with Gasteiger partial charge in [0.05, 0.1) is 16.1 Å². The van der Waals surface area contributed by atoms with E-state index in [1.807, 2.05) is 55.5 Å². The number of halogens is 2. The molecule has 0 atom stereocenters. The van der Waals surface area contributed by atoms with Gasteiger partial charge in [0, 0.05) is 27.0 Å². The van der Waals surface area contributed by atoms with Crippen LogP contribution in [-0.4, -0.2) is 10.5 Å². The molecular weight excluding hydrogens is 423 g/mol. The summed E-state index contributed by atoms with van der Waals surface area (Å²) >= 11 is 13.9. The van der Waals surface area contributed by atoms with Gasteiger partial charge in [-0.3, -0.25) is 4.79 Å². The number of fused-ring (bicyclic) bond motifs is 1. The highest BCUT2D eigenvalue weighted by atomic mass is 35.5. The van der Waals surface area contributed by atoms with Gasteiger partial charge in [-0.2, -0.15) is 0 Å². The molecule has 148 valence electrons. The van der Waals surface area contributed by atoms with Crippen molar-refractivity contribution >= 4 is 50.5 Å². The molecule has 0 bridgehead atoms. The van der Waals surface area contributed by atoms with E-state index >= 15 is 0 Å². The highest BCUT2D eigenvalue weighted by Crippen LogP contribution is 2.40. The Hall–Kier alpha value is -2.27. The minimum atomic E-state index is -0.407. The van der Waals surface area contributed by atoms with Gasteiger partial charge in [0.1, 0.15) is 0 Å². The van der Waals surface area contributed by atoms with Crippen LogP contribution in [0, 0.1) is 13.8 Å². The smallest absolute Gasteiger partial charge is 0.250 e. The summed E-state index contributed by atoms with van der Waals surface area (Å²) in [5.41, 5.74) is 10.5. The summed E-state index contributed by atoms with van der Waals surface area (Å²) < 4.78 is 3.36. The van der Waals surface area contributed by atoms with E-state index in [0.717, 1.165) is 50.2 Å². The van der Waals surface area contributed by atoms with E-state index < -0.39 is 5.91 Å². The number of nitrogens with zero attached hydrogens (tertiary/aromatic N) is 1. The Balaban J connectivity index is 1.80. The number of carbonyl (C=O) groups is 1. The van der Waals surface area contributed by atoms with Crippen LogP contribution in [0.5, 0.6) is 0 Å². The first kappa shape index (κ1) is 20.0. The summed E-state index contributed by atoms with van der Waals surface area (Å²) in [4.78, 5) is 13.1. The Morgan fingerprint density at radius 2 is 1.72 bits per heavy atom. The van der Waals surface area contributed by atoms with Gasteiger partial charge in [-0.1, -0.05) is 35.3 Å². The summed E-state index contributed by atoms with van der Waals surface area (Å²) in [6, 6.07) is 15.7. The van der Waals surface area contributed by atoms with Crippen molar-refractivity contribution in [3.05, 3.63) is 81.0 Å². The summed E-state index contributed by atoms with van der Waals surface area (Å²) in [5.74, 6) is -0.407. The van der Waals surface area contributed by atoms with E-state index in [9.17, 15) is 4.79 Å². The maximum atomic E-state index is 12.0. The van der Waals surface area contributed by atoms with Gasteiger partial charge < -0.3 is 10.3 Å². The molecule has 29 heavy (non-hydrogen) atoms. The first-order chi connectivity index (χ1) is 13.8. The third kappa shape index (κ3) is 3.80. The summed E-state index contributed by atoms with van der Waals surface area (Å²) in [5, 5.41) is 2.58. The predicted octanol–water partition coefficient (Wildman–Crippen LogP) is 6.64. The van der Waals surface area contributed by atoms with Gasteiger partial charge in [-0.15, -0.1) is 11.3 Å². The van der Waals surface area contributed by atoms with Gasteiger partial charge in [0.2, 0.25) is 0 Å². The Morgan fingerprint density at radius 3 is 2.41 bits per heavy atom. The van der Waals surface area contributed by atoms with Crippen molar-refractivity contribution in [3.8, 4) is 10.6 Å². The Labute approximate surface area is 183 Å². The third-order valence-corrected chi connectivity index (χ3v) is 7.08. The minimum Gasteiger partial charge on any atom is -0.366 e. The molecule has 0 aliphatic heterocycles. The molecule has 0 saturated heterocycles. The largest absolute Gasteiger partial charge is 0.366 e. The lowest BCUT2D eigenvalue weighted by Crippen LogP contribution is -2.13. The predicted molar refractivity (Wildman–Crippen MR) is 123 cm³/mol. The molecule has 3 nitrogen and oxygen atoms in total. The highest BCUT2D eigenvalue weighted by Gasteiger charge is 2.20. The van der Waals surface area contributed by atoms with Crippen molar-refractivity contribution in [3.63, 3.8) is 0 Å². The molecule has 0 saturated carbocycles. The number of hydrogen-bond donors (Lipinski definition) is 1. The quantitative estimate of drug-likeness (QED) is 0.370. The lowest BCUT2D eigenvalue weighted by molar-refractivity contribution is 0.0999. The molecule has 2 heterocycles. The molecule has 6 heteroatoms. The molecule has 0 spiro atoms. The molecule has 1 amide bonds. The molecule has 4 rings (SSSR count). The number of aryl methyl sites for hydroxylation is 2. The molecule has 2 aromatic carbocycles. The SMILES string of the molecule is Cc1c(-c2cc(C(N)=O)c(C)n2CCc2ccc(Cl)cc2)sc2ccc(Cl)cc12. The number of benzene rings is 2. The summed E-state index contributed by atoms with van der Waals surface area (Å²) in [7, 11) is 0. The molecule has 2 aromatic heterocycles. The molecule has 0 radical (unpaired) electrons. The van der Waals surface area contributed by atoms with Crippen LogP contribution < -0.4 is 5.73 Å². The van der Waals surface area contributed by atoms with Crippen molar-refractivity contribution in [1.29, 1.82) is 0 Å². The lowest BCUT2D eigenvalue weighted by Gasteiger charge is -2.12. The van der Waals surface area contributed by atoms with Gasteiger partial charge in [-0.25, -0.2) is 0 Å². The Morgan fingerprint density at radius 1 is 1.03 bits per heavy atom. The van der Waals surface area contributed by atoms with Crippen LogP contribution in [0.25, 0.3) is 20.7 Å². The standard InChI is InChI=1S/C23H20Cl2N2OS/c1-13-18-11-17(25)7-8-21(18)29-22(13)20-12-19(23(26)28)14(2)27(20)10-9-15-3-5-16(24)6-4-15/h3-8,11-12H,9-10H2,1-2H3,(H2,26,28). The molecule has 4 aromatic rings. The van der Waals surface area contributed by atoms with Crippen LogP contribution in [-0.2, 0) is 13.0 Å². The second-order valence-electron chi connectivity index (χ2n) is 7.12. The Kier molecular flexibility index (Phi) is 5.43. The summed E-state index contributed by atoms with van der Waals surface area (Å²) in [6.45, 7) is 4.79. The normalized spacial score (nSPS) is 11.3. The van der Waals surface area contributed by atoms with Crippen LogP contribution in [0.3, 0.4) is 0 Å². The molecular formula is C23H20Cl2N2OS.